The van der Waals surface area contributed by atoms with Crippen molar-refractivity contribution >= 4 is 22.6 Å². The monoisotopic (exact) mass is 363 g/mol. The van der Waals surface area contributed by atoms with Crippen molar-refractivity contribution in [2.75, 3.05) is 12.4 Å². The molecule has 0 bridgehead atoms. The highest BCUT2D eigenvalue weighted by Gasteiger charge is 2.19. The number of hydrogen-bond donors (Lipinski definition) is 1. The molecule has 2 aromatic carbocycles. The predicted molar refractivity (Wildman–Crippen MR) is 99.3 cm³/mol. The molecule has 1 amide bonds. The molecule has 8 nitrogen and oxygen atoms in total. The zero-order valence-corrected chi connectivity index (χ0v) is 15.1. The molecular weight excluding hydrogens is 346 g/mol. The van der Waals surface area contributed by atoms with Gasteiger partial charge in [-0.2, -0.15) is 0 Å². The number of aromatic nitrogens is 4. The fourth-order valence-corrected chi connectivity index (χ4v) is 2.89. The van der Waals surface area contributed by atoms with Crippen LogP contribution in [0.3, 0.4) is 0 Å². The number of carbonyl (C=O) groups is 1. The van der Waals surface area contributed by atoms with Crippen molar-refractivity contribution in [3.8, 4) is 11.4 Å². The summed E-state index contributed by atoms with van der Waals surface area (Å²) >= 11 is 0. The van der Waals surface area contributed by atoms with E-state index in [1.165, 1.54) is 11.0 Å². The topological polar surface area (TPSA) is 95.1 Å². The molecule has 0 aliphatic carbocycles. The minimum Gasteiger partial charge on any atom is -0.497 e. The largest absolute Gasteiger partial charge is 0.497 e. The summed E-state index contributed by atoms with van der Waals surface area (Å²) in [5.41, 5.74) is 3.71. The molecule has 2 heterocycles. The van der Waals surface area contributed by atoms with Gasteiger partial charge < -0.3 is 14.5 Å². The van der Waals surface area contributed by atoms with Crippen LogP contribution in [0.5, 0.6) is 5.75 Å². The fraction of sp³-hybridized carbons (Fsp3) is 0.158. The Morgan fingerprint density at radius 2 is 2.04 bits per heavy atom. The highest BCUT2D eigenvalue weighted by atomic mass is 16.5. The number of hydrogen-bond acceptors (Lipinski definition) is 6. The number of aryl methyl sites for hydroxylation is 2. The lowest BCUT2D eigenvalue weighted by atomic mass is 10.1. The van der Waals surface area contributed by atoms with Crippen LogP contribution in [-0.4, -0.2) is 33.2 Å². The van der Waals surface area contributed by atoms with E-state index < -0.39 is 0 Å². The molecule has 2 aromatic heterocycles. The van der Waals surface area contributed by atoms with Gasteiger partial charge in [-0.25, -0.2) is 4.68 Å². The Hall–Kier alpha value is -3.68. The smallest absolute Gasteiger partial charge is 0.291 e. The van der Waals surface area contributed by atoms with Gasteiger partial charge in [0, 0.05) is 16.6 Å². The van der Waals surface area contributed by atoms with Gasteiger partial charge in [-0.15, -0.1) is 5.10 Å². The van der Waals surface area contributed by atoms with E-state index in [0.29, 0.717) is 17.0 Å². The van der Waals surface area contributed by atoms with E-state index in [0.717, 1.165) is 22.2 Å². The first kappa shape index (κ1) is 16.8. The lowest BCUT2D eigenvalue weighted by Gasteiger charge is -2.09. The number of amides is 1. The molecule has 136 valence electrons. The number of fused-ring (bicyclic) bond motifs is 1. The lowest BCUT2D eigenvalue weighted by molar-refractivity contribution is 0.0998. The highest BCUT2D eigenvalue weighted by molar-refractivity contribution is 6.07. The standard InChI is InChI=1S/C19H17N5O3/c1-11-4-5-13(24-10-20-22-23-24)8-16(11)21-19(25)18-12(2)15-9-14(26-3)6-7-17(15)27-18/h4-10H,1-3H3,(H,21,25). The minimum absolute atomic E-state index is 0.269. The number of nitrogens with zero attached hydrogens (tertiary/aromatic N) is 4. The van der Waals surface area contributed by atoms with Crippen LogP contribution < -0.4 is 10.1 Å². The molecule has 0 aliphatic rings. The Labute approximate surface area is 154 Å². The van der Waals surface area contributed by atoms with Crippen LogP contribution in [0.15, 0.2) is 47.1 Å². The molecule has 0 aliphatic heterocycles. The van der Waals surface area contributed by atoms with Crippen molar-refractivity contribution in [2.24, 2.45) is 0 Å². The first-order valence-corrected chi connectivity index (χ1v) is 8.29. The predicted octanol–water partition coefficient (Wildman–Crippen LogP) is 3.29. The van der Waals surface area contributed by atoms with Gasteiger partial charge in [-0.1, -0.05) is 6.07 Å². The Bertz CT molecular complexity index is 1130. The fourth-order valence-electron chi connectivity index (χ4n) is 2.89. The molecule has 0 saturated heterocycles. The van der Waals surface area contributed by atoms with E-state index in [1.54, 1.807) is 19.2 Å². The van der Waals surface area contributed by atoms with Crippen LogP contribution in [0.25, 0.3) is 16.7 Å². The van der Waals surface area contributed by atoms with E-state index in [4.69, 9.17) is 9.15 Å². The molecule has 4 rings (SSSR count). The summed E-state index contributed by atoms with van der Waals surface area (Å²) in [6, 6.07) is 11.0. The second-order valence-corrected chi connectivity index (χ2v) is 6.13. The van der Waals surface area contributed by atoms with Gasteiger partial charge in [0.25, 0.3) is 5.91 Å². The van der Waals surface area contributed by atoms with Crippen LogP contribution in [0, 0.1) is 13.8 Å². The van der Waals surface area contributed by atoms with E-state index in [2.05, 4.69) is 20.8 Å². The number of carbonyl (C=O) groups excluding carboxylic acids is 1. The molecule has 27 heavy (non-hydrogen) atoms. The number of benzene rings is 2. The number of tetrazole rings is 1. The molecule has 0 spiro atoms. The van der Waals surface area contributed by atoms with Gasteiger partial charge >= 0.3 is 0 Å². The Morgan fingerprint density at radius 1 is 1.19 bits per heavy atom. The number of methoxy groups -OCH3 is 1. The molecule has 1 N–H and O–H groups in total. The van der Waals surface area contributed by atoms with Crippen molar-refractivity contribution in [3.63, 3.8) is 0 Å². The van der Waals surface area contributed by atoms with Crippen LogP contribution in [0.4, 0.5) is 5.69 Å². The molecule has 0 radical (unpaired) electrons. The summed E-state index contributed by atoms with van der Waals surface area (Å²) in [6.07, 6.45) is 1.49. The average molecular weight is 363 g/mol. The first-order valence-electron chi connectivity index (χ1n) is 8.29. The zero-order valence-electron chi connectivity index (χ0n) is 15.1. The van der Waals surface area contributed by atoms with Gasteiger partial charge in [0.2, 0.25) is 0 Å². The second-order valence-electron chi connectivity index (χ2n) is 6.13. The Balaban J connectivity index is 1.67. The first-order chi connectivity index (χ1) is 13.1. The van der Waals surface area contributed by atoms with Crippen molar-refractivity contribution in [1.82, 2.24) is 20.2 Å². The minimum atomic E-state index is -0.320. The number of anilines is 1. The third-order valence-corrected chi connectivity index (χ3v) is 4.43. The van der Waals surface area contributed by atoms with E-state index in [-0.39, 0.29) is 11.7 Å². The maximum Gasteiger partial charge on any atom is 0.291 e. The molecule has 0 unspecified atom stereocenters. The van der Waals surface area contributed by atoms with E-state index in [1.807, 2.05) is 38.1 Å². The number of rotatable bonds is 4. The van der Waals surface area contributed by atoms with Crippen LogP contribution >= 0.6 is 0 Å². The van der Waals surface area contributed by atoms with Crippen LogP contribution in [0.1, 0.15) is 21.7 Å². The maximum absolute atomic E-state index is 12.8. The third kappa shape index (κ3) is 3.01. The summed E-state index contributed by atoms with van der Waals surface area (Å²) in [7, 11) is 1.60. The third-order valence-electron chi connectivity index (χ3n) is 4.43. The number of nitrogens with one attached hydrogen (secondary N) is 1. The summed E-state index contributed by atoms with van der Waals surface area (Å²) in [5, 5.41) is 14.9. The van der Waals surface area contributed by atoms with Crippen molar-refractivity contribution in [2.45, 2.75) is 13.8 Å². The average Bonchev–Trinajstić information content (AvgIpc) is 3.32. The highest BCUT2D eigenvalue weighted by Crippen LogP contribution is 2.29. The van der Waals surface area contributed by atoms with E-state index in [9.17, 15) is 4.79 Å². The molecular formula is C19H17N5O3. The lowest BCUT2D eigenvalue weighted by Crippen LogP contribution is -2.13. The molecule has 8 heteroatoms. The molecule has 0 saturated carbocycles. The van der Waals surface area contributed by atoms with Gasteiger partial charge in [0.1, 0.15) is 17.7 Å². The maximum atomic E-state index is 12.8. The summed E-state index contributed by atoms with van der Waals surface area (Å²) in [6.45, 7) is 3.76. The normalized spacial score (nSPS) is 10.9. The Morgan fingerprint density at radius 3 is 2.78 bits per heavy atom. The summed E-state index contributed by atoms with van der Waals surface area (Å²) in [4.78, 5) is 12.8. The van der Waals surface area contributed by atoms with Crippen molar-refractivity contribution in [1.29, 1.82) is 0 Å². The second kappa shape index (κ2) is 6.56. The van der Waals surface area contributed by atoms with E-state index >= 15 is 0 Å². The SMILES string of the molecule is COc1ccc2oc(C(=O)Nc3cc(-n4cnnn4)ccc3C)c(C)c2c1. The van der Waals surface area contributed by atoms with Crippen LogP contribution in [-0.2, 0) is 0 Å². The molecule has 4 aromatic rings. The number of ether oxygens (including phenoxy) is 1. The van der Waals surface area contributed by atoms with Gasteiger partial charge in [0.15, 0.2) is 5.76 Å². The number of furan rings is 1. The van der Waals surface area contributed by atoms with Crippen LogP contribution in [0.2, 0.25) is 0 Å². The zero-order chi connectivity index (χ0) is 19.0. The summed E-state index contributed by atoms with van der Waals surface area (Å²) < 4.78 is 12.5. The molecule has 0 fully saturated rings. The molecule has 0 atom stereocenters. The van der Waals surface area contributed by atoms with Gasteiger partial charge in [-0.05, 0) is 60.2 Å². The van der Waals surface area contributed by atoms with Gasteiger partial charge in [-0.3, -0.25) is 4.79 Å². The van der Waals surface area contributed by atoms with Crippen molar-refractivity contribution < 1.29 is 13.9 Å². The Kier molecular flexibility index (Phi) is 4.08. The quantitative estimate of drug-likeness (QED) is 0.598. The summed E-state index contributed by atoms with van der Waals surface area (Å²) in [5.74, 6) is 0.661. The van der Waals surface area contributed by atoms with Crippen molar-refractivity contribution in [3.05, 3.63) is 59.6 Å². The van der Waals surface area contributed by atoms with Gasteiger partial charge in [0.05, 0.1) is 12.8 Å².